The monoisotopic (exact) mass is 278 g/mol. The molecule has 4 rings (SSSR count). The Morgan fingerprint density at radius 3 is 3.00 bits per heavy atom. The molecule has 0 spiro atoms. The van der Waals surface area contributed by atoms with Crippen LogP contribution in [0.15, 0.2) is 54.7 Å². The molecule has 1 aliphatic rings. The third-order valence-electron chi connectivity index (χ3n) is 4.30. The molecular weight excluding hydrogens is 260 g/mol. The van der Waals surface area contributed by atoms with Crippen LogP contribution in [0.2, 0.25) is 0 Å². The van der Waals surface area contributed by atoms with Crippen molar-refractivity contribution in [2.75, 3.05) is 12.3 Å². The number of nitrogen functional groups attached to an aromatic ring is 1. The molecule has 3 heteroatoms. The molecule has 106 valence electrons. The zero-order chi connectivity index (χ0) is 14.2. The highest BCUT2D eigenvalue weighted by Crippen LogP contribution is 2.35. The van der Waals surface area contributed by atoms with Crippen LogP contribution in [0.1, 0.15) is 17.9 Å². The van der Waals surface area contributed by atoms with Crippen LogP contribution in [0.4, 0.5) is 5.69 Å². The zero-order valence-corrected chi connectivity index (χ0v) is 11.8. The fraction of sp³-hybridized carbons (Fsp3) is 0.222. The highest BCUT2D eigenvalue weighted by Gasteiger charge is 2.21. The topological polar surface area (TPSA) is 40.2 Å². The number of aromatic nitrogens is 1. The molecule has 3 nitrogen and oxygen atoms in total. The molecule has 0 saturated heterocycles. The fourth-order valence-corrected chi connectivity index (χ4v) is 3.20. The molecular formula is C18H18N2O. The molecule has 0 radical (unpaired) electrons. The van der Waals surface area contributed by atoms with Crippen molar-refractivity contribution in [2.24, 2.45) is 0 Å². The minimum Gasteiger partial charge on any atom is -0.493 e. The lowest BCUT2D eigenvalue weighted by Gasteiger charge is -2.26. The van der Waals surface area contributed by atoms with Gasteiger partial charge < -0.3 is 15.0 Å². The highest BCUT2D eigenvalue weighted by molar-refractivity contribution is 5.83. The van der Waals surface area contributed by atoms with E-state index in [1.54, 1.807) is 0 Å². The molecule has 21 heavy (non-hydrogen) atoms. The van der Waals surface area contributed by atoms with E-state index in [0.29, 0.717) is 5.92 Å². The van der Waals surface area contributed by atoms with Crippen molar-refractivity contribution in [3.63, 3.8) is 0 Å². The fourth-order valence-electron chi connectivity index (χ4n) is 3.20. The second kappa shape index (κ2) is 4.85. The minimum atomic E-state index is 0.493. The lowest BCUT2D eigenvalue weighted by molar-refractivity contribution is 0.259. The number of ether oxygens (including phenoxy) is 1. The number of nitrogens with two attached hydrogens (primary N) is 1. The van der Waals surface area contributed by atoms with Crippen LogP contribution in [0.5, 0.6) is 5.75 Å². The largest absolute Gasteiger partial charge is 0.493 e. The number of para-hydroxylation sites is 1. The predicted octanol–water partition coefficient (Wildman–Crippen LogP) is 3.79. The Morgan fingerprint density at radius 1 is 1.14 bits per heavy atom. The summed E-state index contributed by atoms with van der Waals surface area (Å²) < 4.78 is 8.05. The van der Waals surface area contributed by atoms with Crippen molar-refractivity contribution in [2.45, 2.75) is 18.9 Å². The Bertz CT molecular complexity index is 791. The van der Waals surface area contributed by atoms with Crippen molar-refractivity contribution in [1.82, 2.24) is 4.57 Å². The number of anilines is 1. The summed E-state index contributed by atoms with van der Waals surface area (Å²) in [6, 6.07) is 16.6. The van der Waals surface area contributed by atoms with Crippen LogP contribution in [0.25, 0.3) is 10.9 Å². The van der Waals surface area contributed by atoms with Gasteiger partial charge in [0.2, 0.25) is 0 Å². The van der Waals surface area contributed by atoms with Crippen molar-refractivity contribution in [3.8, 4) is 5.75 Å². The summed E-state index contributed by atoms with van der Waals surface area (Å²) in [5.41, 5.74) is 9.26. The molecule has 1 atom stereocenters. The van der Waals surface area contributed by atoms with Crippen LogP contribution in [-0.2, 0) is 6.54 Å². The first-order chi connectivity index (χ1) is 10.3. The maximum Gasteiger partial charge on any atom is 0.122 e. The van der Waals surface area contributed by atoms with Gasteiger partial charge in [-0.2, -0.15) is 0 Å². The van der Waals surface area contributed by atoms with E-state index < -0.39 is 0 Å². The van der Waals surface area contributed by atoms with E-state index in [4.69, 9.17) is 10.5 Å². The van der Waals surface area contributed by atoms with Gasteiger partial charge in [0.15, 0.2) is 0 Å². The lowest BCUT2D eigenvalue weighted by atomic mass is 9.93. The third kappa shape index (κ3) is 2.15. The Kier molecular flexibility index (Phi) is 2.85. The van der Waals surface area contributed by atoms with E-state index in [-0.39, 0.29) is 0 Å². The average Bonchev–Trinajstić information content (AvgIpc) is 2.90. The first kappa shape index (κ1) is 12.3. The molecule has 1 aliphatic heterocycles. The minimum absolute atomic E-state index is 0.493. The van der Waals surface area contributed by atoms with Crippen LogP contribution in [0, 0.1) is 0 Å². The smallest absolute Gasteiger partial charge is 0.122 e. The van der Waals surface area contributed by atoms with Gasteiger partial charge in [0.1, 0.15) is 5.75 Å². The molecule has 1 aromatic heterocycles. The van der Waals surface area contributed by atoms with E-state index in [0.717, 1.165) is 31.0 Å². The molecule has 0 bridgehead atoms. The summed E-state index contributed by atoms with van der Waals surface area (Å²) >= 11 is 0. The van der Waals surface area contributed by atoms with Gasteiger partial charge in [-0.1, -0.05) is 24.3 Å². The molecule has 1 unspecified atom stereocenters. The van der Waals surface area contributed by atoms with Gasteiger partial charge in [0.25, 0.3) is 0 Å². The van der Waals surface area contributed by atoms with E-state index >= 15 is 0 Å². The molecule has 2 N–H and O–H groups in total. The molecule has 0 amide bonds. The summed E-state index contributed by atoms with van der Waals surface area (Å²) in [4.78, 5) is 0. The Labute approximate surface area is 123 Å². The summed E-state index contributed by atoms with van der Waals surface area (Å²) in [5.74, 6) is 1.52. The second-order valence-electron chi connectivity index (χ2n) is 5.66. The van der Waals surface area contributed by atoms with E-state index in [1.807, 2.05) is 12.1 Å². The number of rotatable bonds is 2. The summed E-state index contributed by atoms with van der Waals surface area (Å²) in [6.07, 6.45) is 3.21. The summed E-state index contributed by atoms with van der Waals surface area (Å²) in [6.45, 7) is 1.76. The molecule has 0 aliphatic carbocycles. The molecule has 2 heterocycles. The second-order valence-corrected chi connectivity index (χ2v) is 5.66. The number of benzene rings is 2. The van der Waals surface area contributed by atoms with Gasteiger partial charge in [-0.3, -0.25) is 0 Å². The number of hydrogen-bond acceptors (Lipinski definition) is 2. The normalized spacial score (nSPS) is 17.4. The van der Waals surface area contributed by atoms with Gasteiger partial charge in [-0.25, -0.2) is 0 Å². The SMILES string of the molecule is Nc1ccc2ccn(CC3CCOc4ccccc43)c2c1. The first-order valence-corrected chi connectivity index (χ1v) is 7.37. The highest BCUT2D eigenvalue weighted by atomic mass is 16.5. The maximum absolute atomic E-state index is 5.93. The van der Waals surface area contributed by atoms with E-state index in [2.05, 4.69) is 47.2 Å². The van der Waals surface area contributed by atoms with Crippen molar-refractivity contribution >= 4 is 16.6 Å². The standard InChI is InChI=1S/C18H18N2O/c19-15-6-5-13-7-9-20(17(13)11-15)12-14-8-10-21-18-4-2-1-3-16(14)18/h1-7,9,11,14H,8,10,12,19H2. The number of hydrogen-bond donors (Lipinski definition) is 1. The predicted molar refractivity (Wildman–Crippen MR) is 85.6 cm³/mol. The number of nitrogens with zero attached hydrogens (tertiary/aromatic N) is 1. The van der Waals surface area contributed by atoms with E-state index in [1.165, 1.54) is 16.5 Å². The Morgan fingerprint density at radius 2 is 2.05 bits per heavy atom. The summed E-state index contributed by atoms with van der Waals surface area (Å²) in [7, 11) is 0. The van der Waals surface area contributed by atoms with Gasteiger partial charge in [-0.15, -0.1) is 0 Å². The molecule has 0 saturated carbocycles. The summed E-state index contributed by atoms with van der Waals surface area (Å²) in [5, 5.41) is 1.24. The van der Waals surface area contributed by atoms with Gasteiger partial charge >= 0.3 is 0 Å². The van der Waals surface area contributed by atoms with Gasteiger partial charge in [-0.05, 0) is 41.6 Å². The molecule has 3 aromatic rings. The van der Waals surface area contributed by atoms with Crippen molar-refractivity contribution < 1.29 is 4.74 Å². The quantitative estimate of drug-likeness (QED) is 0.724. The van der Waals surface area contributed by atoms with Gasteiger partial charge in [0, 0.05) is 24.3 Å². The first-order valence-electron chi connectivity index (χ1n) is 7.37. The zero-order valence-electron chi connectivity index (χ0n) is 11.8. The third-order valence-corrected chi connectivity index (χ3v) is 4.30. The number of fused-ring (bicyclic) bond motifs is 2. The Balaban J connectivity index is 1.71. The van der Waals surface area contributed by atoms with E-state index in [9.17, 15) is 0 Å². The lowest BCUT2D eigenvalue weighted by Crippen LogP contribution is -2.18. The van der Waals surface area contributed by atoms with Crippen molar-refractivity contribution in [3.05, 3.63) is 60.3 Å². The van der Waals surface area contributed by atoms with Crippen LogP contribution >= 0.6 is 0 Å². The molecule has 0 fully saturated rings. The maximum atomic E-state index is 5.93. The van der Waals surface area contributed by atoms with Crippen molar-refractivity contribution in [1.29, 1.82) is 0 Å². The molecule has 2 aromatic carbocycles. The van der Waals surface area contributed by atoms with Crippen LogP contribution in [0.3, 0.4) is 0 Å². The average molecular weight is 278 g/mol. The van der Waals surface area contributed by atoms with Crippen LogP contribution < -0.4 is 10.5 Å². The van der Waals surface area contributed by atoms with Crippen LogP contribution in [-0.4, -0.2) is 11.2 Å². The van der Waals surface area contributed by atoms with Gasteiger partial charge in [0.05, 0.1) is 12.1 Å². The Hall–Kier alpha value is -2.42.